The van der Waals surface area contributed by atoms with Gasteiger partial charge in [0.25, 0.3) is 0 Å². The zero-order valence-corrected chi connectivity index (χ0v) is 21.1. The second kappa shape index (κ2) is 8.43. The van der Waals surface area contributed by atoms with Crippen LogP contribution in [-0.2, 0) is 10.1 Å². The molecule has 2 rings (SSSR count). The first kappa shape index (κ1) is 25.7. The summed E-state index contributed by atoms with van der Waals surface area (Å²) in [5.74, 6) is 0.618. The van der Waals surface area contributed by atoms with Crippen LogP contribution in [-0.4, -0.2) is 27.4 Å². The minimum absolute atomic E-state index is 0.309. The Morgan fingerprint density at radius 3 is 1.26 bits per heavy atom. The summed E-state index contributed by atoms with van der Waals surface area (Å²) in [5, 5.41) is 0. The summed E-state index contributed by atoms with van der Waals surface area (Å²) in [6.07, 6.45) is 0. The number of ether oxygens (including phenoxy) is 2. The zero-order valence-electron chi connectivity index (χ0n) is 18.1. The van der Waals surface area contributed by atoms with Crippen LogP contribution >= 0.6 is 0 Å². The molecule has 176 valence electrons. The van der Waals surface area contributed by atoms with Crippen LogP contribution in [0, 0.1) is 7.14 Å². The van der Waals surface area contributed by atoms with Gasteiger partial charge >= 0.3 is 186 Å². The summed E-state index contributed by atoms with van der Waals surface area (Å²) in [5.41, 5.74) is -1.15. The van der Waals surface area contributed by atoms with Crippen LogP contribution in [0.2, 0.25) is 0 Å². The number of halogens is 4. The third-order valence-electron chi connectivity index (χ3n) is 3.67. The predicted molar refractivity (Wildman–Crippen MR) is 109 cm³/mol. The van der Waals surface area contributed by atoms with Crippen LogP contribution in [0.25, 0.3) is 0 Å². The van der Waals surface area contributed by atoms with Gasteiger partial charge in [-0.05, 0) is 0 Å². The zero-order chi connectivity index (χ0) is 23.9. The molecule has 0 saturated heterocycles. The van der Waals surface area contributed by atoms with Crippen molar-refractivity contribution in [2.75, 3.05) is 0 Å². The van der Waals surface area contributed by atoms with Crippen molar-refractivity contribution in [2.45, 2.75) is 56.0 Å². The number of alkyl halides is 3. The van der Waals surface area contributed by atoms with E-state index in [1.807, 2.05) is 0 Å². The second-order valence-corrected chi connectivity index (χ2v) is 17.6. The van der Waals surface area contributed by atoms with E-state index in [0.29, 0.717) is 11.5 Å². The van der Waals surface area contributed by atoms with E-state index in [1.54, 1.807) is 41.5 Å². The Labute approximate surface area is 186 Å². The molecule has 0 heterocycles. The predicted octanol–water partition coefficient (Wildman–Crippen LogP) is 2.56. The molecule has 2 aromatic carbocycles. The van der Waals surface area contributed by atoms with Gasteiger partial charge in [0, 0.05) is 0 Å². The number of hydrogen-bond donors (Lipinski definition) is 1. The third kappa shape index (κ3) is 5.83. The van der Waals surface area contributed by atoms with E-state index in [-0.39, 0.29) is 0 Å². The summed E-state index contributed by atoms with van der Waals surface area (Å²) in [6, 6.07) is 9.52. The van der Waals surface area contributed by atoms with Gasteiger partial charge in [0.05, 0.1) is 0 Å². The van der Waals surface area contributed by atoms with Crippen molar-refractivity contribution in [3.8, 4) is 11.5 Å². The molecule has 0 amide bonds. The van der Waals surface area contributed by atoms with E-state index >= 15 is 2.86 Å². The van der Waals surface area contributed by atoms with E-state index in [4.69, 9.17) is 9.47 Å². The molecule has 0 aromatic heterocycles. The van der Waals surface area contributed by atoms with Crippen LogP contribution in [0.3, 0.4) is 0 Å². The summed E-state index contributed by atoms with van der Waals surface area (Å²) >= 11 is -6.38. The average Bonchev–Trinajstić information content (AvgIpc) is 2.58. The van der Waals surface area contributed by atoms with Gasteiger partial charge < -0.3 is 0 Å². The van der Waals surface area contributed by atoms with E-state index in [2.05, 4.69) is 0 Å². The molecule has 0 aliphatic carbocycles. The fourth-order valence-corrected chi connectivity index (χ4v) is 11.2. The van der Waals surface area contributed by atoms with Gasteiger partial charge in [-0.2, -0.15) is 0 Å². The Morgan fingerprint density at radius 2 is 1.03 bits per heavy atom. The van der Waals surface area contributed by atoms with Crippen molar-refractivity contribution in [3.63, 3.8) is 0 Å². The third-order valence-corrected chi connectivity index (χ3v) is 14.0. The summed E-state index contributed by atoms with van der Waals surface area (Å²) in [7, 11) is -6.03. The van der Waals surface area contributed by atoms with Gasteiger partial charge in [-0.1, -0.05) is 0 Å². The second-order valence-electron chi connectivity index (χ2n) is 8.76. The molecule has 1 N–H and O–H groups in total. The molecule has 0 aliphatic rings. The Bertz CT molecular complexity index is 949. The normalized spacial score (nSPS) is 14.3. The molecule has 10 heteroatoms. The fourth-order valence-electron chi connectivity index (χ4n) is 2.57. The van der Waals surface area contributed by atoms with Crippen LogP contribution in [0.4, 0.5) is 11.6 Å². The van der Waals surface area contributed by atoms with Gasteiger partial charge in [-0.15, -0.1) is 0 Å². The first-order chi connectivity index (χ1) is 13.9. The van der Waals surface area contributed by atoms with E-state index in [9.17, 15) is 21.8 Å². The van der Waals surface area contributed by atoms with Crippen LogP contribution in [0.1, 0.15) is 41.5 Å². The van der Waals surface area contributed by atoms with Gasteiger partial charge in [0.15, 0.2) is 0 Å². The molecule has 0 unspecified atom stereocenters. The molecule has 0 saturated carbocycles. The summed E-state index contributed by atoms with van der Waals surface area (Å²) < 4.78 is 83.6. The van der Waals surface area contributed by atoms with Gasteiger partial charge in [0.2, 0.25) is 0 Å². The fraction of sp³-hybridized carbons (Fsp3) is 0.429. The molecule has 0 fully saturated rings. The average molecular weight is 575 g/mol. The Balaban J connectivity index is 2.61. The van der Waals surface area contributed by atoms with Gasteiger partial charge in [-0.25, -0.2) is 0 Å². The van der Waals surface area contributed by atoms with Crippen molar-refractivity contribution in [3.05, 3.63) is 55.7 Å². The first-order valence-electron chi connectivity index (χ1n) is 9.27. The van der Waals surface area contributed by atoms with Crippen LogP contribution in [0.15, 0.2) is 48.5 Å². The van der Waals surface area contributed by atoms with Gasteiger partial charge in [-0.3, -0.25) is 0 Å². The Kier molecular flexibility index (Phi) is 7.00. The summed E-state index contributed by atoms with van der Waals surface area (Å²) in [4.78, 5) is 0. The SMILES string of the molecule is CC(C)(C)Oc1ccc([I-](F)(c2ccc(OC(C)(C)C)cc2)C(F)(F)S(=O)(=O)O)cc1. The van der Waals surface area contributed by atoms with Crippen LogP contribution < -0.4 is 28.5 Å². The molecular weight excluding hydrogens is 548 g/mol. The molecule has 0 aliphatic heterocycles. The molecular formula is C21H27F3IO5S-. The number of benzene rings is 2. The summed E-state index contributed by atoms with van der Waals surface area (Å²) in [6.45, 7) is 10.7. The maximum atomic E-state index is 16.3. The standard InChI is InChI=1S/C21H27F3IO5S/c1-19(2,3)29-17-11-7-15(8-12-17)25(24,21(22,23)31(26,27)28)16-9-13-18(14-10-16)30-20(4,5)6/h7-14H,1-6H3,(H,26,27,28)/q-1. The van der Waals surface area contributed by atoms with E-state index in [0.717, 1.165) is 24.3 Å². The minimum atomic E-state index is -6.38. The monoisotopic (exact) mass is 575 g/mol. The van der Waals surface area contributed by atoms with E-state index in [1.165, 1.54) is 24.3 Å². The van der Waals surface area contributed by atoms with Crippen molar-refractivity contribution >= 4 is 10.1 Å². The van der Waals surface area contributed by atoms with E-state index < -0.39 is 50.7 Å². The van der Waals surface area contributed by atoms with Crippen molar-refractivity contribution < 1.29 is 53.1 Å². The Morgan fingerprint density at radius 1 is 0.742 bits per heavy atom. The molecule has 0 spiro atoms. The molecule has 31 heavy (non-hydrogen) atoms. The van der Waals surface area contributed by atoms with Crippen LogP contribution in [0.5, 0.6) is 11.5 Å². The quantitative estimate of drug-likeness (QED) is 0.326. The topological polar surface area (TPSA) is 72.8 Å². The molecule has 0 atom stereocenters. The van der Waals surface area contributed by atoms with Crippen molar-refractivity contribution in [1.82, 2.24) is 0 Å². The molecule has 2 aromatic rings. The number of hydrogen-bond acceptors (Lipinski definition) is 4. The maximum absolute atomic E-state index is 16.3. The number of rotatable bonds is 6. The Hall–Kier alpha value is -1.53. The van der Waals surface area contributed by atoms with Crippen molar-refractivity contribution in [2.24, 2.45) is 0 Å². The molecule has 5 nitrogen and oxygen atoms in total. The van der Waals surface area contributed by atoms with Crippen molar-refractivity contribution in [1.29, 1.82) is 0 Å². The molecule has 0 bridgehead atoms. The first-order valence-corrected chi connectivity index (χ1v) is 14.8. The molecule has 0 radical (unpaired) electrons. The van der Waals surface area contributed by atoms with Gasteiger partial charge in [0.1, 0.15) is 0 Å².